The molecule has 20 heavy (non-hydrogen) atoms. The van der Waals surface area contributed by atoms with Crippen LogP contribution in [0, 0.1) is 11.7 Å². The van der Waals surface area contributed by atoms with Gasteiger partial charge in [0.2, 0.25) is 0 Å². The van der Waals surface area contributed by atoms with Gasteiger partial charge in [-0.2, -0.15) is 0 Å². The van der Waals surface area contributed by atoms with E-state index in [9.17, 15) is 9.18 Å². The molecule has 0 aliphatic heterocycles. The summed E-state index contributed by atoms with van der Waals surface area (Å²) in [6.45, 7) is 4.27. The predicted molar refractivity (Wildman–Crippen MR) is 77.3 cm³/mol. The second kappa shape index (κ2) is 5.87. The Kier molecular flexibility index (Phi) is 4.18. The molecular formula is C17H17FO2. The first kappa shape index (κ1) is 14.3. The molecule has 0 unspecified atom stereocenters. The van der Waals surface area contributed by atoms with Gasteiger partial charge in [0.15, 0.2) is 0 Å². The highest BCUT2D eigenvalue weighted by molar-refractivity contribution is 5.89. The molecule has 0 bridgehead atoms. The number of hydrogen-bond acceptors (Lipinski definition) is 1. The monoisotopic (exact) mass is 272 g/mol. The maximum Gasteiger partial charge on any atom is 0.335 e. The number of carbonyl (C=O) groups is 1. The Hall–Kier alpha value is -2.16. The van der Waals surface area contributed by atoms with Crippen molar-refractivity contribution in [3.8, 4) is 11.1 Å². The van der Waals surface area contributed by atoms with Gasteiger partial charge in [0, 0.05) is 0 Å². The predicted octanol–water partition coefficient (Wildman–Crippen LogP) is 4.39. The highest BCUT2D eigenvalue weighted by atomic mass is 19.1. The minimum atomic E-state index is -1.12. The van der Waals surface area contributed by atoms with E-state index in [4.69, 9.17) is 5.11 Å². The van der Waals surface area contributed by atoms with Crippen LogP contribution in [0.3, 0.4) is 0 Å². The van der Waals surface area contributed by atoms with Crippen LogP contribution in [-0.2, 0) is 6.42 Å². The smallest absolute Gasteiger partial charge is 0.335 e. The van der Waals surface area contributed by atoms with E-state index < -0.39 is 11.8 Å². The van der Waals surface area contributed by atoms with Crippen LogP contribution in [-0.4, -0.2) is 11.1 Å². The van der Waals surface area contributed by atoms with Gasteiger partial charge >= 0.3 is 5.97 Å². The molecule has 0 heterocycles. The van der Waals surface area contributed by atoms with E-state index in [2.05, 4.69) is 13.8 Å². The van der Waals surface area contributed by atoms with Crippen LogP contribution in [0.2, 0.25) is 0 Å². The molecule has 1 N–H and O–H groups in total. The third-order valence-electron chi connectivity index (χ3n) is 3.05. The molecule has 2 rings (SSSR count). The lowest BCUT2D eigenvalue weighted by atomic mass is 9.97. The molecule has 3 heteroatoms. The molecule has 0 aliphatic carbocycles. The molecule has 104 valence electrons. The summed E-state index contributed by atoms with van der Waals surface area (Å²) in [5.74, 6) is -1.12. The zero-order valence-corrected chi connectivity index (χ0v) is 11.6. The molecule has 0 atom stereocenters. The molecule has 0 saturated carbocycles. The zero-order valence-electron chi connectivity index (χ0n) is 11.6. The number of carboxylic acids is 1. The van der Waals surface area contributed by atoms with Crippen LogP contribution in [0.5, 0.6) is 0 Å². The Labute approximate surface area is 117 Å². The molecule has 2 aromatic rings. The Morgan fingerprint density at radius 3 is 2.55 bits per heavy atom. The molecule has 0 saturated heterocycles. The molecule has 0 aromatic heterocycles. The van der Waals surface area contributed by atoms with E-state index >= 15 is 0 Å². The average molecular weight is 272 g/mol. The summed E-state index contributed by atoms with van der Waals surface area (Å²) >= 11 is 0. The molecule has 0 spiro atoms. The van der Waals surface area contributed by atoms with E-state index in [1.807, 2.05) is 24.3 Å². The second-order valence-electron chi connectivity index (χ2n) is 5.33. The summed E-state index contributed by atoms with van der Waals surface area (Å²) in [6.07, 6.45) is 0.939. The van der Waals surface area contributed by atoms with Crippen molar-refractivity contribution in [3.63, 3.8) is 0 Å². The van der Waals surface area contributed by atoms with Crippen LogP contribution < -0.4 is 0 Å². The first-order chi connectivity index (χ1) is 9.45. The summed E-state index contributed by atoms with van der Waals surface area (Å²) in [5.41, 5.74) is 2.56. The van der Waals surface area contributed by atoms with Gasteiger partial charge in [0.25, 0.3) is 0 Å². The van der Waals surface area contributed by atoms with Gasteiger partial charge in [-0.3, -0.25) is 0 Å². The number of carboxylic acid groups (broad SMARTS) is 1. The fourth-order valence-corrected chi connectivity index (χ4v) is 2.23. The summed E-state index contributed by atoms with van der Waals surface area (Å²) < 4.78 is 13.5. The summed E-state index contributed by atoms with van der Waals surface area (Å²) in [7, 11) is 0. The summed E-state index contributed by atoms with van der Waals surface area (Å²) in [6, 6.07) is 11.7. The molecule has 2 nitrogen and oxygen atoms in total. The normalized spacial score (nSPS) is 10.8. The minimum Gasteiger partial charge on any atom is -0.478 e. The lowest BCUT2D eigenvalue weighted by Gasteiger charge is -2.08. The minimum absolute atomic E-state index is 0.0331. The first-order valence-electron chi connectivity index (χ1n) is 6.59. The third kappa shape index (κ3) is 3.44. The fraction of sp³-hybridized carbons (Fsp3) is 0.235. The second-order valence-corrected chi connectivity index (χ2v) is 5.33. The van der Waals surface area contributed by atoms with E-state index in [0.717, 1.165) is 18.1 Å². The highest BCUT2D eigenvalue weighted by Crippen LogP contribution is 2.24. The Bertz CT molecular complexity index is 633. The van der Waals surface area contributed by atoms with Crippen molar-refractivity contribution in [1.82, 2.24) is 0 Å². The number of hydrogen-bond donors (Lipinski definition) is 1. The lowest BCUT2D eigenvalue weighted by molar-refractivity contribution is 0.0696. The first-order valence-corrected chi connectivity index (χ1v) is 6.59. The van der Waals surface area contributed by atoms with Crippen molar-refractivity contribution in [3.05, 3.63) is 59.4 Å². The molecule has 0 fully saturated rings. The Morgan fingerprint density at radius 1 is 1.15 bits per heavy atom. The van der Waals surface area contributed by atoms with E-state index in [-0.39, 0.29) is 5.56 Å². The topological polar surface area (TPSA) is 37.3 Å². The quantitative estimate of drug-likeness (QED) is 0.896. The highest BCUT2D eigenvalue weighted by Gasteiger charge is 2.09. The number of benzene rings is 2. The largest absolute Gasteiger partial charge is 0.478 e. The van der Waals surface area contributed by atoms with Gasteiger partial charge in [-0.25, -0.2) is 9.18 Å². The van der Waals surface area contributed by atoms with Gasteiger partial charge in [-0.15, -0.1) is 0 Å². The summed E-state index contributed by atoms with van der Waals surface area (Å²) in [5, 5.41) is 8.99. The van der Waals surface area contributed by atoms with Crippen molar-refractivity contribution >= 4 is 5.97 Å². The van der Waals surface area contributed by atoms with Gasteiger partial charge in [0.1, 0.15) is 5.82 Å². The van der Waals surface area contributed by atoms with Crippen LogP contribution in [0.4, 0.5) is 4.39 Å². The van der Waals surface area contributed by atoms with E-state index in [0.29, 0.717) is 11.5 Å². The van der Waals surface area contributed by atoms with Crippen LogP contribution in [0.25, 0.3) is 11.1 Å². The Balaban J connectivity index is 2.43. The molecule has 0 radical (unpaired) electrons. The van der Waals surface area contributed by atoms with Crippen molar-refractivity contribution in [2.24, 2.45) is 5.92 Å². The molecular weight excluding hydrogens is 255 g/mol. The fourth-order valence-electron chi connectivity index (χ4n) is 2.23. The zero-order chi connectivity index (χ0) is 14.7. The average Bonchev–Trinajstić information content (AvgIpc) is 2.37. The van der Waals surface area contributed by atoms with E-state index in [1.165, 1.54) is 17.7 Å². The Morgan fingerprint density at radius 2 is 1.90 bits per heavy atom. The number of aromatic carboxylic acids is 1. The van der Waals surface area contributed by atoms with Crippen molar-refractivity contribution < 1.29 is 14.3 Å². The maximum absolute atomic E-state index is 13.5. The van der Waals surface area contributed by atoms with Crippen molar-refractivity contribution in [2.45, 2.75) is 20.3 Å². The lowest BCUT2D eigenvalue weighted by Crippen LogP contribution is -1.98. The van der Waals surface area contributed by atoms with Crippen LogP contribution in [0.15, 0.2) is 42.5 Å². The summed E-state index contributed by atoms with van der Waals surface area (Å²) in [4.78, 5) is 11.0. The maximum atomic E-state index is 13.5. The van der Waals surface area contributed by atoms with E-state index in [1.54, 1.807) is 0 Å². The molecule has 2 aromatic carbocycles. The number of halogens is 1. The number of rotatable bonds is 4. The SMILES string of the molecule is CC(C)Cc1cccc(-c2cc(F)cc(C(=O)O)c2)c1. The van der Waals surface area contributed by atoms with Gasteiger partial charge < -0.3 is 5.11 Å². The van der Waals surface area contributed by atoms with Gasteiger partial charge in [0.05, 0.1) is 5.56 Å². The molecule has 0 aliphatic rings. The van der Waals surface area contributed by atoms with Crippen LogP contribution >= 0.6 is 0 Å². The molecule has 0 amide bonds. The van der Waals surface area contributed by atoms with Crippen molar-refractivity contribution in [2.75, 3.05) is 0 Å². The van der Waals surface area contributed by atoms with Crippen LogP contribution in [0.1, 0.15) is 29.8 Å². The standard InChI is InChI=1S/C17H17FO2/c1-11(2)6-12-4-3-5-13(7-12)14-8-15(17(19)20)10-16(18)9-14/h3-5,7-11H,6H2,1-2H3,(H,19,20). The van der Waals surface area contributed by atoms with Gasteiger partial charge in [-0.1, -0.05) is 38.1 Å². The van der Waals surface area contributed by atoms with Crippen molar-refractivity contribution in [1.29, 1.82) is 0 Å². The van der Waals surface area contributed by atoms with Gasteiger partial charge in [-0.05, 0) is 47.2 Å². The third-order valence-corrected chi connectivity index (χ3v) is 3.05.